The predicted molar refractivity (Wildman–Crippen MR) is 72.6 cm³/mol. The van der Waals surface area contributed by atoms with Crippen LogP contribution in [0.3, 0.4) is 0 Å². The van der Waals surface area contributed by atoms with Gasteiger partial charge in [-0.05, 0) is 36.6 Å². The molecule has 1 heteroatoms. The summed E-state index contributed by atoms with van der Waals surface area (Å²) in [4.78, 5) is 0. The topological polar surface area (TPSA) is 12.0 Å². The van der Waals surface area contributed by atoms with E-state index in [-0.39, 0.29) is 0 Å². The molecule has 0 heterocycles. The summed E-state index contributed by atoms with van der Waals surface area (Å²) < 4.78 is 0. The maximum absolute atomic E-state index is 3.80. The van der Waals surface area contributed by atoms with Crippen LogP contribution in [0.1, 0.15) is 60.3 Å². The Morgan fingerprint density at radius 2 is 1.88 bits per heavy atom. The van der Waals surface area contributed by atoms with Crippen LogP contribution in [0.2, 0.25) is 0 Å². The normalized spacial score (nSPS) is 36.4. The Morgan fingerprint density at radius 3 is 2.44 bits per heavy atom. The monoisotopic (exact) mass is 225 g/mol. The fourth-order valence-corrected chi connectivity index (χ4v) is 3.40. The van der Waals surface area contributed by atoms with Crippen molar-refractivity contribution in [2.45, 2.75) is 66.3 Å². The maximum Gasteiger partial charge on any atom is 0.00955 e. The molecule has 0 aromatic heterocycles. The highest BCUT2D eigenvalue weighted by molar-refractivity contribution is 4.85. The van der Waals surface area contributed by atoms with Gasteiger partial charge in [0, 0.05) is 6.04 Å². The summed E-state index contributed by atoms with van der Waals surface area (Å²) in [6.45, 7) is 13.1. The van der Waals surface area contributed by atoms with Gasteiger partial charge in [0.1, 0.15) is 0 Å². The summed E-state index contributed by atoms with van der Waals surface area (Å²) >= 11 is 0. The van der Waals surface area contributed by atoms with E-state index in [1.54, 1.807) is 0 Å². The van der Waals surface area contributed by atoms with E-state index in [0.29, 0.717) is 0 Å². The highest BCUT2D eigenvalue weighted by Gasteiger charge is 2.30. The maximum atomic E-state index is 3.80. The second kappa shape index (κ2) is 6.64. The number of rotatable bonds is 4. The van der Waals surface area contributed by atoms with Crippen molar-refractivity contribution in [3.8, 4) is 0 Å². The Kier molecular flexibility index (Phi) is 5.82. The van der Waals surface area contributed by atoms with Gasteiger partial charge in [-0.3, -0.25) is 0 Å². The molecule has 1 rings (SSSR count). The van der Waals surface area contributed by atoms with E-state index in [4.69, 9.17) is 0 Å². The van der Waals surface area contributed by atoms with Crippen molar-refractivity contribution in [1.29, 1.82) is 0 Å². The molecule has 0 aromatic rings. The third-order valence-corrected chi connectivity index (χ3v) is 4.48. The average Bonchev–Trinajstić information content (AvgIpc) is 2.35. The molecule has 1 nitrogen and oxygen atoms in total. The van der Waals surface area contributed by atoms with E-state index in [0.717, 1.165) is 29.7 Å². The van der Waals surface area contributed by atoms with Gasteiger partial charge in [0.2, 0.25) is 0 Å². The average molecular weight is 225 g/mol. The van der Waals surface area contributed by atoms with Gasteiger partial charge in [-0.15, -0.1) is 0 Å². The van der Waals surface area contributed by atoms with E-state index in [9.17, 15) is 0 Å². The first kappa shape index (κ1) is 14.0. The molecule has 0 bridgehead atoms. The molecule has 0 aliphatic heterocycles. The first-order valence-electron chi connectivity index (χ1n) is 7.29. The Morgan fingerprint density at radius 1 is 1.19 bits per heavy atom. The Bertz CT molecular complexity index is 188. The lowest BCUT2D eigenvalue weighted by Crippen LogP contribution is -2.39. The minimum absolute atomic E-state index is 0.761. The minimum Gasteiger partial charge on any atom is -0.313 e. The van der Waals surface area contributed by atoms with Crippen LogP contribution in [0.5, 0.6) is 0 Å². The van der Waals surface area contributed by atoms with Gasteiger partial charge in [-0.1, -0.05) is 53.9 Å². The zero-order valence-electron chi connectivity index (χ0n) is 11.9. The molecule has 16 heavy (non-hydrogen) atoms. The third kappa shape index (κ3) is 3.76. The zero-order chi connectivity index (χ0) is 12.1. The van der Waals surface area contributed by atoms with Gasteiger partial charge in [0.05, 0.1) is 0 Å². The van der Waals surface area contributed by atoms with Gasteiger partial charge in [-0.2, -0.15) is 0 Å². The molecule has 1 N–H and O–H groups in total. The van der Waals surface area contributed by atoms with Crippen molar-refractivity contribution >= 4 is 0 Å². The van der Waals surface area contributed by atoms with Crippen LogP contribution in [-0.4, -0.2) is 12.6 Å². The van der Waals surface area contributed by atoms with Crippen molar-refractivity contribution in [2.75, 3.05) is 6.54 Å². The molecule has 0 radical (unpaired) electrons. The van der Waals surface area contributed by atoms with Crippen molar-refractivity contribution < 1.29 is 0 Å². The largest absolute Gasteiger partial charge is 0.313 e. The highest BCUT2D eigenvalue weighted by atomic mass is 14.9. The SMILES string of the molecule is CCC1C(C)CCCC(NCC(C)C)C1C. The predicted octanol–water partition coefficient (Wildman–Crippen LogP) is 4.08. The van der Waals surface area contributed by atoms with Crippen molar-refractivity contribution in [1.82, 2.24) is 5.32 Å². The molecule has 1 aliphatic rings. The molecule has 96 valence electrons. The molecular weight excluding hydrogens is 194 g/mol. The Balaban J connectivity index is 2.55. The number of hydrogen-bond donors (Lipinski definition) is 1. The Hall–Kier alpha value is -0.0400. The second-order valence-corrected chi connectivity index (χ2v) is 6.25. The summed E-state index contributed by atoms with van der Waals surface area (Å²) in [6, 6.07) is 0.761. The van der Waals surface area contributed by atoms with E-state index >= 15 is 0 Å². The van der Waals surface area contributed by atoms with Crippen LogP contribution in [-0.2, 0) is 0 Å². The molecule has 1 aliphatic carbocycles. The molecule has 1 saturated carbocycles. The highest BCUT2D eigenvalue weighted by Crippen LogP contribution is 2.35. The first-order chi connectivity index (χ1) is 7.56. The number of hydrogen-bond acceptors (Lipinski definition) is 1. The quantitative estimate of drug-likeness (QED) is 0.711. The van der Waals surface area contributed by atoms with Crippen molar-refractivity contribution in [3.05, 3.63) is 0 Å². The van der Waals surface area contributed by atoms with Gasteiger partial charge in [0.25, 0.3) is 0 Å². The van der Waals surface area contributed by atoms with Crippen LogP contribution in [0.4, 0.5) is 0 Å². The molecule has 0 amide bonds. The van der Waals surface area contributed by atoms with Crippen LogP contribution < -0.4 is 5.32 Å². The van der Waals surface area contributed by atoms with E-state index in [1.807, 2.05) is 0 Å². The van der Waals surface area contributed by atoms with E-state index in [1.165, 1.54) is 32.2 Å². The van der Waals surface area contributed by atoms with Gasteiger partial charge < -0.3 is 5.32 Å². The minimum atomic E-state index is 0.761. The molecule has 0 spiro atoms. The summed E-state index contributed by atoms with van der Waals surface area (Å²) in [5.41, 5.74) is 0. The lowest BCUT2D eigenvalue weighted by Gasteiger charge is -2.32. The lowest BCUT2D eigenvalue weighted by atomic mass is 9.79. The standard InChI is InChI=1S/C15H31N/c1-6-14-12(4)8-7-9-15(13(14)5)16-10-11(2)3/h11-16H,6-10H2,1-5H3. The fourth-order valence-electron chi connectivity index (χ4n) is 3.40. The first-order valence-corrected chi connectivity index (χ1v) is 7.29. The summed E-state index contributed by atoms with van der Waals surface area (Å²) in [6.07, 6.45) is 5.58. The Labute approximate surface area is 102 Å². The van der Waals surface area contributed by atoms with Gasteiger partial charge >= 0.3 is 0 Å². The van der Waals surface area contributed by atoms with Crippen LogP contribution >= 0.6 is 0 Å². The summed E-state index contributed by atoms with van der Waals surface area (Å²) in [5.74, 6) is 3.47. The van der Waals surface area contributed by atoms with Gasteiger partial charge in [0.15, 0.2) is 0 Å². The van der Waals surface area contributed by atoms with Crippen molar-refractivity contribution in [2.24, 2.45) is 23.7 Å². The van der Waals surface area contributed by atoms with E-state index < -0.39 is 0 Å². The van der Waals surface area contributed by atoms with Crippen molar-refractivity contribution in [3.63, 3.8) is 0 Å². The number of nitrogens with one attached hydrogen (secondary N) is 1. The molecule has 0 saturated heterocycles. The second-order valence-electron chi connectivity index (χ2n) is 6.25. The fraction of sp³-hybridized carbons (Fsp3) is 1.00. The lowest BCUT2D eigenvalue weighted by molar-refractivity contribution is 0.211. The molecular formula is C15H31N. The molecule has 4 atom stereocenters. The van der Waals surface area contributed by atoms with E-state index in [2.05, 4.69) is 39.9 Å². The summed E-state index contributed by atoms with van der Waals surface area (Å²) in [7, 11) is 0. The van der Waals surface area contributed by atoms with Crippen LogP contribution in [0.15, 0.2) is 0 Å². The van der Waals surface area contributed by atoms with Crippen LogP contribution in [0, 0.1) is 23.7 Å². The zero-order valence-corrected chi connectivity index (χ0v) is 11.9. The molecule has 0 aromatic carbocycles. The van der Waals surface area contributed by atoms with Crippen LogP contribution in [0.25, 0.3) is 0 Å². The van der Waals surface area contributed by atoms with Gasteiger partial charge in [-0.25, -0.2) is 0 Å². The third-order valence-electron chi connectivity index (χ3n) is 4.48. The smallest absolute Gasteiger partial charge is 0.00955 e. The molecule has 1 fully saturated rings. The summed E-state index contributed by atoms with van der Waals surface area (Å²) in [5, 5.41) is 3.80. The molecule has 4 unspecified atom stereocenters.